The second-order valence-electron chi connectivity index (χ2n) is 6.10. The van der Waals surface area contributed by atoms with Crippen LogP contribution in [0.2, 0.25) is 19.6 Å². The van der Waals surface area contributed by atoms with Crippen molar-refractivity contribution >= 4 is 19.4 Å². The SMILES string of the molecule is C[Si](C)(C)On1n[n+](Cc2ccccc2)c2ccccc21. The lowest BCUT2D eigenvalue weighted by atomic mass is 10.2. The van der Waals surface area contributed by atoms with Crippen molar-refractivity contribution < 1.29 is 9.21 Å². The molecule has 0 fully saturated rings. The van der Waals surface area contributed by atoms with Crippen molar-refractivity contribution in [1.82, 2.24) is 10.1 Å². The Morgan fingerprint density at radius 1 is 1.00 bits per heavy atom. The third kappa shape index (κ3) is 3.13. The number of fused-ring (bicyclic) bond motifs is 1. The van der Waals surface area contributed by atoms with E-state index in [1.54, 1.807) is 4.85 Å². The molecule has 108 valence electrons. The highest BCUT2D eigenvalue weighted by Crippen LogP contribution is 2.10. The molecule has 1 heterocycles. The van der Waals surface area contributed by atoms with Gasteiger partial charge < -0.3 is 4.53 Å². The van der Waals surface area contributed by atoms with Crippen molar-refractivity contribution in [2.24, 2.45) is 0 Å². The maximum atomic E-state index is 6.06. The molecule has 0 radical (unpaired) electrons. The Morgan fingerprint density at radius 2 is 1.67 bits per heavy atom. The van der Waals surface area contributed by atoms with Crippen LogP contribution >= 0.6 is 0 Å². The van der Waals surface area contributed by atoms with Crippen LogP contribution in [0.5, 0.6) is 0 Å². The fourth-order valence-corrected chi connectivity index (χ4v) is 2.89. The van der Waals surface area contributed by atoms with Crippen molar-refractivity contribution in [2.75, 3.05) is 0 Å². The van der Waals surface area contributed by atoms with Crippen molar-refractivity contribution in [3.63, 3.8) is 0 Å². The van der Waals surface area contributed by atoms with Crippen molar-refractivity contribution in [3.8, 4) is 0 Å². The van der Waals surface area contributed by atoms with Gasteiger partial charge in [-0.2, -0.15) is 0 Å². The molecule has 0 spiro atoms. The Morgan fingerprint density at radius 3 is 2.38 bits per heavy atom. The number of rotatable bonds is 4. The molecule has 0 aliphatic heterocycles. The van der Waals surface area contributed by atoms with Gasteiger partial charge in [0.05, 0.1) is 0 Å². The van der Waals surface area contributed by atoms with E-state index in [9.17, 15) is 0 Å². The summed E-state index contributed by atoms with van der Waals surface area (Å²) < 4.78 is 8.05. The largest absolute Gasteiger partial charge is 0.382 e. The molecule has 2 aromatic carbocycles. The quantitative estimate of drug-likeness (QED) is 0.548. The highest BCUT2D eigenvalue weighted by atomic mass is 28.4. The molecule has 5 heteroatoms. The summed E-state index contributed by atoms with van der Waals surface area (Å²) in [4.78, 5) is 1.69. The van der Waals surface area contributed by atoms with E-state index in [-0.39, 0.29) is 0 Å². The van der Waals surface area contributed by atoms with E-state index in [1.807, 2.05) is 41.1 Å². The average Bonchev–Trinajstić information content (AvgIpc) is 2.77. The van der Waals surface area contributed by atoms with Crippen LogP contribution in [0.1, 0.15) is 5.56 Å². The van der Waals surface area contributed by atoms with Gasteiger partial charge >= 0.3 is 8.32 Å². The van der Waals surface area contributed by atoms with Gasteiger partial charge in [0.15, 0.2) is 0 Å². The molecule has 0 aliphatic rings. The first-order chi connectivity index (χ1) is 10.0. The third-order valence-electron chi connectivity index (χ3n) is 3.09. The Bertz CT molecular complexity index is 747. The van der Waals surface area contributed by atoms with Crippen LogP contribution in [-0.2, 0) is 6.54 Å². The maximum Gasteiger partial charge on any atom is 0.311 e. The summed E-state index contributed by atoms with van der Waals surface area (Å²) in [5.41, 5.74) is 3.32. The first-order valence-electron chi connectivity index (χ1n) is 7.14. The predicted molar refractivity (Wildman–Crippen MR) is 85.4 cm³/mol. The van der Waals surface area contributed by atoms with Crippen LogP contribution in [0.25, 0.3) is 11.0 Å². The lowest BCUT2D eigenvalue weighted by molar-refractivity contribution is -0.726. The van der Waals surface area contributed by atoms with Crippen LogP contribution in [0.15, 0.2) is 54.6 Å². The summed E-state index contributed by atoms with van der Waals surface area (Å²) in [5, 5.41) is 4.62. The number of para-hydroxylation sites is 2. The van der Waals surface area contributed by atoms with Crippen LogP contribution in [0.3, 0.4) is 0 Å². The van der Waals surface area contributed by atoms with Crippen molar-refractivity contribution in [1.29, 1.82) is 0 Å². The molecule has 0 amide bonds. The molecule has 3 aromatic rings. The molecular weight excluding hydrogens is 278 g/mol. The molecule has 0 bridgehead atoms. The van der Waals surface area contributed by atoms with Gasteiger partial charge in [-0.1, -0.05) is 42.5 Å². The number of hydrogen-bond donors (Lipinski definition) is 0. The minimum atomic E-state index is -1.71. The topological polar surface area (TPSA) is 30.9 Å². The first-order valence-corrected chi connectivity index (χ1v) is 10.5. The van der Waals surface area contributed by atoms with E-state index in [2.05, 4.69) is 43.1 Å². The van der Waals surface area contributed by atoms with Crippen LogP contribution in [0, 0.1) is 0 Å². The normalized spacial score (nSPS) is 11.8. The standard InChI is InChI=1S/C16H20N3OSi/c1-21(2,3)20-19-16-12-8-7-11-15(16)18(17-19)13-14-9-5-4-6-10-14/h4-12H,13H2,1-3H3/q+1. The van der Waals surface area contributed by atoms with Gasteiger partial charge in [-0.05, 0) is 37.3 Å². The Hall–Kier alpha value is -2.14. The zero-order chi connectivity index (χ0) is 14.9. The minimum absolute atomic E-state index is 0.739. The maximum absolute atomic E-state index is 6.06. The van der Waals surface area contributed by atoms with Gasteiger partial charge in [0.1, 0.15) is 11.8 Å². The lowest BCUT2D eigenvalue weighted by Gasteiger charge is -2.11. The monoisotopic (exact) mass is 298 g/mol. The predicted octanol–water partition coefficient (Wildman–Crippen LogP) is 2.64. The van der Waals surface area contributed by atoms with Gasteiger partial charge in [0, 0.05) is 4.85 Å². The second kappa shape index (κ2) is 5.33. The third-order valence-corrected chi connectivity index (χ3v) is 3.81. The summed E-state index contributed by atoms with van der Waals surface area (Å²) >= 11 is 0. The Kier molecular flexibility index (Phi) is 3.51. The average molecular weight is 298 g/mol. The molecule has 1 aromatic heterocycles. The van der Waals surface area contributed by atoms with Crippen molar-refractivity contribution in [3.05, 3.63) is 60.2 Å². The van der Waals surface area contributed by atoms with E-state index in [0.29, 0.717) is 0 Å². The second-order valence-corrected chi connectivity index (χ2v) is 10.5. The molecule has 0 saturated carbocycles. The van der Waals surface area contributed by atoms with Crippen LogP contribution < -0.4 is 9.21 Å². The van der Waals surface area contributed by atoms with Crippen molar-refractivity contribution in [2.45, 2.75) is 26.2 Å². The smallest absolute Gasteiger partial charge is 0.311 e. The molecule has 0 N–H and O–H groups in total. The van der Waals surface area contributed by atoms with Gasteiger partial charge in [-0.25, -0.2) is 0 Å². The highest BCUT2D eigenvalue weighted by Gasteiger charge is 2.26. The number of hydrogen-bond acceptors (Lipinski definition) is 2. The summed E-state index contributed by atoms with van der Waals surface area (Å²) in [6.45, 7) is 7.21. The van der Waals surface area contributed by atoms with Gasteiger partial charge in [-0.3, -0.25) is 0 Å². The fourth-order valence-electron chi connectivity index (χ4n) is 2.24. The molecular formula is C16H20N3OSi+. The minimum Gasteiger partial charge on any atom is -0.382 e. The summed E-state index contributed by atoms with van der Waals surface area (Å²) in [7, 11) is -1.71. The van der Waals surface area contributed by atoms with Gasteiger partial charge in [0.2, 0.25) is 11.0 Å². The molecule has 0 atom stereocenters. The summed E-state index contributed by atoms with van der Waals surface area (Å²) in [5.74, 6) is 0. The van der Waals surface area contributed by atoms with E-state index in [4.69, 9.17) is 4.53 Å². The molecule has 21 heavy (non-hydrogen) atoms. The Balaban J connectivity index is 2.03. The summed E-state index contributed by atoms with van der Waals surface area (Å²) in [6.07, 6.45) is 0. The van der Waals surface area contributed by atoms with E-state index in [1.165, 1.54) is 5.56 Å². The fraction of sp³-hybridized carbons (Fsp3) is 0.250. The van der Waals surface area contributed by atoms with Crippen LogP contribution in [-0.4, -0.2) is 18.4 Å². The zero-order valence-electron chi connectivity index (χ0n) is 12.7. The van der Waals surface area contributed by atoms with Crippen LogP contribution in [0.4, 0.5) is 0 Å². The number of benzene rings is 2. The molecule has 4 nitrogen and oxygen atoms in total. The zero-order valence-corrected chi connectivity index (χ0v) is 13.7. The van der Waals surface area contributed by atoms with E-state index in [0.717, 1.165) is 17.6 Å². The number of nitrogens with zero attached hydrogens (tertiary/aromatic N) is 3. The summed E-state index contributed by atoms with van der Waals surface area (Å²) in [6, 6.07) is 18.5. The van der Waals surface area contributed by atoms with E-state index < -0.39 is 8.32 Å². The molecule has 0 saturated heterocycles. The molecule has 0 aliphatic carbocycles. The first kappa shape index (κ1) is 13.8. The lowest BCUT2D eigenvalue weighted by Crippen LogP contribution is -2.42. The molecule has 0 unspecified atom stereocenters. The Labute approximate surface area is 125 Å². The van der Waals surface area contributed by atoms with Gasteiger partial charge in [-0.15, -0.1) is 4.68 Å². The highest BCUT2D eigenvalue weighted by molar-refractivity contribution is 6.69. The van der Waals surface area contributed by atoms with Gasteiger partial charge in [0.25, 0.3) is 0 Å². The molecule has 3 rings (SSSR count). The van der Waals surface area contributed by atoms with E-state index >= 15 is 0 Å². The number of aromatic nitrogens is 3.